The van der Waals surface area contributed by atoms with Gasteiger partial charge in [-0.3, -0.25) is 9.59 Å². The Kier molecular flexibility index (Phi) is 6.31. The lowest BCUT2D eigenvalue weighted by atomic mass is 9.93. The van der Waals surface area contributed by atoms with Crippen LogP contribution in [0.2, 0.25) is 0 Å². The fraction of sp³-hybridized carbons (Fsp3) is 0.304. The summed E-state index contributed by atoms with van der Waals surface area (Å²) in [5, 5.41) is 0. The van der Waals surface area contributed by atoms with Crippen LogP contribution in [0.3, 0.4) is 0 Å². The number of sulfonamides is 1. The summed E-state index contributed by atoms with van der Waals surface area (Å²) >= 11 is 0. The fourth-order valence-corrected chi connectivity index (χ4v) is 5.68. The number of rotatable bonds is 4. The van der Waals surface area contributed by atoms with Crippen molar-refractivity contribution in [1.82, 2.24) is 14.1 Å². The predicted molar refractivity (Wildman–Crippen MR) is 117 cm³/mol. The zero-order valence-corrected chi connectivity index (χ0v) is 18.8. The first kappa shape index (κ1) is 23.1. The Morgan fingerprint density at radius 3 is 2.39 bits per heavy atom. The van der Waals surface area contributed by atoms with Crippen LogP contribution in [-0.2, 0) is 19.6 Å². The molecular formula is C23H23F2N3O4S. The molecule has 33 heavy (non-hydrogen) atoms. The number of benzene rings is 2. The number of piperazine rings is 1. The predicted octanol–water partition coefficient (Wildman–Crippen LogP) is 2.76. The van der Waals surface area contributed by atoms with Gasteiger partial charge < -0.3 is 9.80 Å². The molecule has 2 aromatic rings. The van der Waals surface area contributed by atoms with Crippen molar-refractivity contribution in [3.05, 3.63) is 71.4 Å². The SMILES string of the molecule is CC(=O)N1C=Cc2ccccc2C1CC(=O)N1CCN(S(=O)(=O)c2ccc(F)cc2F)CC1. The van der Waals surface area contributed by atoms with Crippen LogP contribution >= 0.6 is 0 Å². The standard InChI is InChI=1S/C23H23F2N3O4S/c1-16(29)28-9-8-17-4-2-3-5-19(17)21(28)15-23(30)26-10-12-27(13-11-26)33(31,32)22-7-6-18(24)14-20(22)25/h2-9,14,21H,10-13,15H2,1H3. The molecular weight excluding hydrogens is 452 g/mol. The maximum atomic E-state index is 14.0. The van der Waals surface area contributed by atoms with Crippen LogP contribution in [0.5, 0.6) is 0 Å². The average molecular weight is 476 g/mol. The number of carbonyl (C=O) groups is 2. The normalized spacial score (nSPS) is 18.8. The molecule has 174 valence electrons. The van der Waals surface area contributed by atoms with Gasteiger partial charge in [-0.25, -0.2) is 17.2 Å². The van der Waals surface area contributed by atoms with E-state index in [-0.39, 0.29) is 44.4 Å². The quantitative estimate of drug-likeness (QED) is 0.682. The highest BCUT2D eigenvalue weighted by atomic mass is 32.2. The molecule has 10 heteroatoms. The Balaban J connectivity index is 1.45. The molecule has 0 radical (unpaired) electrons. The van der Waals surface area contributed by atoms with E-state index in [1.807, 2.05) is 30.3 Å². The molecule has 2 aromatic carbocycles. The lowest BCUT2D eigenvalue weighted by Crippen LogP contribution is -2.51. The maximum absolute atomic E-state index is 14.0. The molecule has 1 unspecified atom stereocenters. The number of halogens is 2. The second-order valence-electron chi connectivity index (χ2n) is 7.95. The summed E-state index contributed by atoms with van der Waals surface area (Å²) in [7, 11) is -4.15. The van der Waals surface area contributed by atoms with Crippen molar-refractivity contribution in [2.75, 3.05) is 26.2 Å². The monoisotopic (exact) mass is 475 g/mol. The second-order valence-corrected chi connectivity index (χ2v) is 9.86. The van der Waals surface area contributed by atoms with Gasteiger partial charge in [-0.1, -0.05) is 24.3 Å². The third kappa shape index (κ3) is 4.53. The molecule has 2 amide bonds. The fourth-order valence-electron chi connectivity index (χ4n) is 4.21. The van der Waals surface area contributed by atoms with Gasteiger partial charge in [-0.05, 0) is 29.3 Å². The third-order valence-corrected chi connectivity index (χ3v) is 7.87. The molecule has 0 saturated carbocycles. The minimum atomic E-state index is -4.15. The van der Waals surface area contributed by atoms with Crippen LogP contribution in [0.25, 0.3) is 6.08 Å². The molecule has 0 aromatic heterocycles. The summed E-state index contributed by atoms with van der Waals surface area (Å²) in [5.41, 5.74) is 1.81. The van der Waals surface area contributed by atoms with E-state index in [2.05, 4.69) is 0 Å². The summed E-state index contributed by atoms with van der Waals surface area (Å²) < 4.78 is 53.8. The minimum Gasteiger partial charge on any atom is -0.340 e. The molecule has 0 bridgehead atoms. The van der Waals surface area contributed by atoms with E-state index in [1.165, 1.54) is 11.8 Å². The number of carbonyl (C=O) groups excluding carboxylic acids is 2. The molecule has 1 saturated heterocycles. The molecule has 2 aliphatic heterocycles. The molecule has 7 nitrogen and oxygen atoms in total. The number of amides is 2. The van der Waals surface area contributed by atoms with Crippen molar-refractivity contribution in [2.45, 2.75) is 24.3 Å². The first-order valence-electron chi connectivity index (χ1n) is 10.5. The van der Waals surface area contributed by atoms with Gasteiger partial charge in [0, 0.05) is 45.4 Å². The third-order valence-electron chi connectivity index (χ3n) is 5.94. The van der Waals surface area contributed by atoms with Crippen molar-refractivity contribution in [3.63, 3.8) is 0 Å². The van der Waals surface area contributed by atoms with Crippen molar-refractivity contribution in [2.24, 2.45) is 0 Å². The van der Waals surface area contributed by atoms with E-state index in [4.69, 9.17) is 0 Å². The van der Waals surface area contributed by atoms with Crippen LogP contribution in [-0.4, -0.2) is 60.5 Å². The number of hydrogen-bond donors (Lipinski definition) is 0. The van der Waals surface area contributed by atoms with E-state index >= 15 is 0 Å². The van der Waals surface area contributed by atoms with E-state index in [9.17, 15) is 26.8 Å². The zero-order chi connectivity index (χ0) is 23.8. The van der Waals surface area contributed by atoms with Crippen LogP contribution in [0.4, 0.5) is 8.78 Å². The smallest absolute Gasteiger partial charge is 0.246 e. The molecule has 2 heterocycles. The highest BCUT2D eigenvalue weighted by molar-refractivity contribution is 7.89. The van der Waals surface area contributed by atoms with Crippen molar-refractivity contribution in [1.29, 1.82) is 0 Å². The molecule has 1 atom stereocenters. The van der Waals surface area contributed by atoms with Crippen LogP contribution in [0.15, 0.2) is 53.6 Å². The Bertz CT molecular complexity index is 1220. The average Bonchev–Trinajstić information content (AvgIpc) is 2.79. The largest absolute Gasteiger partial charge is 0.340 e. The van der Waals surface area contributed by atoms with Gasteiger partial charge in [0.05, 0.1) is 12.5 Å². The minimum absolute atomic E-state index is 0.0114. The first-order valence-corrected chi connectivity index (χ1v) is 11.9. The zero-order valence-electron chi connectivity index (χ0n) is 17.9. The number of hydrogen-bond acceptors (Lipinski definition) is 4. The van der Waals surface area contributed by atoms with E-state index in [0.29, 0.717) is 6.07 Å². The summed E-state index contributed by atoms with van der Waals surface area (Å²) in [5.74, 6) is -2.40. The second kappa shape index (κ2) is 9.03. The Morgan fingerprint density at radius 1 is 1.03 bits per heavy atom. The van der Waals surface area contributed by atoms with Crippen molar-refractivity contribution < 1.29 is 26.8 Å². The molecule has 4 rings (SSSR count). The molecule has 0 aliphatic carbocycles. The van der Waals surface area contributed by atoms with Gasteiger partial charge in [0.25, 0.3) is 0 Å². The Hall–Kier alpha value is -3.11. The van der Waals surface area contributed by atoms with E-state index in [0.717, 1.165) is 27.6 Å². The molecule has 0 N–H and O–H groups in total. The summed E-state index contributed by atoms with van der Waals surface area (Å²) in [6.45, 7) is 1.68. The number of nitrogens with zero attached hydrogens (tertiary/aromatic N) is 3. The lowest BCUT2D eigenvalue weighted by Gasteiger charge is -2.37. The van der Waals surface area contributed by atoms with Gasteiger partial charge in [-0.15, -0.1) is 0 Å². The van der Waals surface area contributed by atoms with Crippen LogP contribution in [0, 0.1) is 11.6 Å². The topological polar surface area (TPSA) is 78.0 Å². The molecule has 0 spiro atoms. The van der Waals surface area contributed by atoms with Gasteiger partial charge in [-0.2, -0.15) is 4.31 Å². The van der Waals surface area contributed by atoms with Crippen molar-refractivity contribution in [3.8, 4) is 0 Å². The van der Waals surface area contributed by atoms with Crippen LogP contribution < -0.4 is 0 Å². The Morgan fingerprint density at radius 2 is 1.73 bits per heavy atom. The maximum Gasteiger partial charge on any atom is 0.246 e. The van der Waals surface area contributed by atoms with E-state index < -0.39 is 32.6 Å². The van der Waals surface area contributed by atoms with Gasteiger partial charge in [0.2, 0.25) is 21.8 Å². The number of fused-ring (bicyclic) bond motifs is 1. The summed E-state index contributed by atoms with van der Waals surface area (Å²) in [6, 6.07) is 9.42. The van der Waals surface area contributed by atoms with Crippen molar-refractivity contribution >= 4 is 27.9 Å². The summed E-state index contributed by atoms with van der Waals surface area (Å²) in [4.78, 5) is 27.7. The van der Waals surface area contributed by atoms with Crippen LogP contribution in [0.1, 0.15) is 30.5 Å². The highest BCUT2D eigenvalue weighted by Gasteiger charge is 2.34. The van der Waals surface area contributed by atoms with Gasteiger partial charge in [0.1, 0.15) is 16.5 Å². The van der Waals surface area contributed by atoms with Gasteiger partial charge in [0.15, 0.2) is 0 Å². The highest BCUT2D eigenvalue weighted by Crippen LogP contribution is 2.33. The molecule has 1 fully saturated rings. The lowest BCUT2D eigenvalue weighted by molar-refractivity contribution is -0.135. The van der Waals surface area contributed by atoms with Gasteiger partial charge >= 0.3 is 0 Å². The Labute approximate surface area is 190 Å². The summed E-state index contributed by atoms with van der Waals surface area (Å²) in [6.07, 6.45) is 3.56. The molecule has 2 aliphatic rings. The van der Waals surface area contributed by atoms with E-state index in [1.54, 1.807) is 11.1 Å². The first-order chi connectivity index (χ1) is 15.7.